The summed E-state index contributed by atoms with van der Waals surface area (Å²) in [6.45, 7) is 2.85. The van der Waals surface area contributed by atoms with E-state index in [1.54, 1.807) is 18.2 Å². The highest BCUT2D eigenvalue weighted by Crippen LogP contribution is 2.25. The lowest BCUT2D eigenvalue weighted by molar-refractivity contribution is -0.121. The lowest BCUT2D eigenvalue weighted by Gasteiger charge is -2.34. The van der Waals surface area contributed by atoms with Crippen LogP contribution in [0.2, 0.25) is 0 Å². The number of urea groups is 1. The molecular weight excluding hydrogens is 362 g/mol. The number of likely N-dealkylation sites (tertiary alicyclic amines) is 2. The minimum atomic E-state index is -1.13. The van der Waals surface area contributed by atoms with Gasteiger partial charge in [0.25, 0.3) is 0 Å². The summed E-state index contributed by atoms with van der Waals surface area (Å²) in [5, 5.41) is 12.5. The second-order valence-corrected chi connectivity index (χ2v) is 7.40. The van der Waals surface area contributed by atoms with Crippen molar-refractivity contribution in [2.75, 3.05) is 31.5 Å². The molecule has 2 N–H and O–H groups in total. The van der Waals surface area contributed by atoms with Gasteiger partial charge in [-0.1, -0.05) is 0 Å². The van der Waals surface area contributed by atoms with E-state index in [1.165, 1.54) is 6.07 Å². The Balaban J connectivity index is 1.34. The molecule has 2 saturated heterocycles. The summed E-state index contributed by atoms with van der Waals surface area (Å²) in [6.07, 6.45) is 3.42. The largest absolute Gasteiger partial charge is 0.475 e. The van der Waals surface area contributed by atoms with E-state index in [0.717, 1.165) is 25.9 Å². The third-order valence-electron chi connectivity index (χ3n) is 5.51. The van der Waals surface area contributed by atoms with Crippen LogP contribution in [0.4, 0.5) is 10.5 Å². The summed E-state index contributed by atoms with van der Waals surface area (Å²) in [4.78, 5) is 39.8. The van der Waals surface area contributed by atoms with E-state index in [9.17, 15) is 14.4 Å². The minimum Gasteiger partial charge on any atom is -0.475 e. The van der Waals surface area contributed by atoms with E-state index in [2.05, 4.69) is 5.32 Å². The molecule has 1 aromatic carbocycles. The fourth-order valence-electron chi connectivity index (χ4n) is 3.91. The lowest BCUT2D eigenvalue weighted by atomic mass is 9.96. The molecule has 4 rings (SSSR count). The van der Waals surface area contributed by atoms with Gasteiger partial charge in [0, 0.05) is 43.2 Å². The van der Waals surface area contributed by atoms with Crippen LogP contribution in [0, 0.1) is 5.92 Å². The second-order valence-electron chi connectivity index (χ2n) is 7.40. The number of nitrogens with one attached hydrogen (secondary N) is 1. The highest BCUT2D eigenvalue weighted by atomic mass is 16.4. The minimum absolute atomic E-state index is 0.0745. The first-order valence-electron chi connectivity index (χ1n) is 9.63. The van der Waals surface area contributed by atoms with Crippen molar-refractivity contribution in [1.82, 2.24) is 9.80 Å². The number of rotatable bonds is 3. The third kappa shape index (κ3) is 3.67. The average molecular weight is 385 g/mol. The van der Waals surface area contributed by atoms with Gasteiger partial charge in [0.15, 0.2) is 0 Å². The molecule has 3 amide bonds. The van der Waals surface area contributed by atoms with Gasteiger partial charge in [-0.05, 0) is 49.9 Å². The molecule has 1 aromatic heterocycles. The third-order valence-corrected chi connectivity index (χ3v) is 5.51. The van der Waals surface area contributed by atoms with Crippen LogP contribution < -0.4 is 5.32 Å². The number of nitrogens with zero attached hydrogens (tertiary/aromatic N) is 2. The zero-order valence-electron chi connectivity index (χ0n) is 15.5. The van der Waals surface area contributed by atoms with Gasteiger partial charge in [-0.3, -0.25) is 4.79 Å². The number of hydrogen-bond acceptors (Lipinski definition) is 4. The maximum atomic E-state index is 12.6. The van der Waals surface area contributed by atoms with Crippen molar-refractivity contribution >= 4 is 34.6 Å². The first-order chi connectivity index (χ1) is 13.5. The van der Waals surface area contributed by atoms with Gasteiger partial charge < -0.3 is 24.6 Å². The van der Waals surface area contributed by atoms with Crippen LogP contribution in [0.5, 0.6) is 0 Å². The van der Waals surface area contributed by atoms with Crippen molar-refractivity contribution in [2.24, 2.45) is 5.92 Å². The van der Waals surface area contributed by atoms with Gasteiger partial charge in [-0.15, -0.1) is 0 Å². The molecule has 0 spiro atoms. The molecule has 2 aliphatic rings. The number of benzene rings is 1. The summed E-state index contributed by atoms with van der Waals surface area (Å²) in [5.74, 6) is -1.47. The molecule has 8 nitrogen and oxygen atoms in total. The second kappa shape index (κ2) is 7.53. The summed E-state index contributed by atoms with van der Waals surface area (Å²) >= 11 is 0. The van der Waals surface area contributed by atoms with Crippen LogP contribution in [-0.2, 0) is 4.79 Å². The summed E-state index contributed by atoms with van der Waals surface area (Å²) in [5.41, 5.74) is 1.06. The van der Waals surface area contributed by atoms with Crippen LogP contribution >= 0.6 is 0 Å². The number of aromatic carboxylic acids is 1. The van der Waals surface area contributed by atoms with E-state index < -0.39 is 5.97 Å². The van der Waals surface area contributed by atoms with Gasteiger partial charge in [0.2, 0.25) is 11.7 Å². The predicted octanol–water partition coefficient (Wildman–Crippen LogP) is 3.00. The fraction of sp³-hybridized carbons (Fsp3) is 0.450. The van der Waals surface area contributed by atoms with Crippen molar-refractivity contribution in [3.63, 3.8) is 0 Å². The summed E-state index contributed by atoms with van der Waals surface area (Å²) in [6, 6.07) is 6.58. The van der Waals surface area contributed by atoms with Gasteiger partial charge in [-0.25, -0.2) is 9.59 Å². The number of amides is 3. The molecule has 3 heterocycles. The van der Waals surface area contributed by atoms with Crippen molar-refractivity contribution in [2.45, 2.75) is 25.7 Å². The van der Waals surface area contributed by atoms with Crippen LogP contribution in [0.1, 0.15) is 36.2 Å². The van der Waals surface area contributed by atoms with Crippen molar-refractivity contribution in [3.05, 3.63) is 30.0 Å². The van der Waals surface area contributed by atoms with Crippen LogP contribution in [0.15, 0.2) is 28.7 Å². The van der Waals surface area contributed by atoms with Crippen LogP contribution in [-0.4, -0.2) is 59.0 Å². The average Bonchev–Trinajstić information content (AvgIpc) is 3.37. The number of furan rings is 1. The molecule has 8 heteroatoms. The Bertz CT molecular complexity index is 908. The number of carboxylic acids is 1. The quantitative estimate of drug-likeness (QED) is 0.845. The Morgan fingerprint density at radius 3 is 2.36 bits per heavy atom. The predicted molar refractivity (Wildman–Crippen MR) is 102 cm³/mol. The van der Waals surface area contributed by atoms with Gasteiger partial charge in [-0.2, -0.15) is 0 Å². The van der Waals surface area contributed by atoms with Crippen LogP contribution in [0.3, 0.4) is 0 Å². The molecule has 0 aliphatic carbocycles. The molecule has 0 unspecified atom stereocenters. The van der Waals surface area contributed by atoms with Crippen molar-refractivity contribution in [3.8, 4) is 0 Å². The van der Waals surface area contributed by atoms with Crippen LogP contribution in [0.25, 0.3) is 11.0 Å². The Labute approximate surface area is 162 Å². The lowest BCUT2D eigenvalue weighted by Crippen LogP contribution is -2.47. The number of anilines is 1. The Morgan fingerprint density at radius 1 is 1.00 bits per heavy atom. The Morgan fingerprint density at radius 2 is 1.68 bits per heavy atom. The maximum Gasteiger partial charge on any atom is 0.371 e. The molecule has 28 heavy (non-hydrogen) atoms. The molecule has 0 saturated carbocycles. The highest BCUT2D eigenvalue weighted by molar-refractivity contribution is 5.96. The topological polar surface area (TPSA) is 103 Å². The monoisotopic (exact) mass is 385 g/mol. The summed E-state index contributed by atoms with van der Waals surface area (Å²) < 4.78 is 5.23. The number of carbonyl (C=O) groups is 3. The molecule has 0 bridgehead atoms. The van der Waals surface area contributed by atoms with Gasteiger partial charge in [0.1, 0.15) is 5.58 Å². The first-order valence-corrected chi connectivity index (χ1v) is 9.63. The number of hydrogen-bond donors (Lipinski definition) is 2. The van der Waals surface area contributed by atoms with E-state index in [0.29, 0.717) is 42.6 Å². The number of fused-ring (bicyclic) bond motifs is 1. The maximum absolute atomic E-state index is 12.6. The molecule has 2 aliphatic heterocycles. The van der Waals surface area contributed by atoms with Crippen molar-refractivity contribution in [1.29, 1.82) is 0 Å². The number of piperidine rings is 1. The Kier molecular flexibility index (Phi) is 4.93. The zero-order chi connectivity index (χ0) is 19.7. The number of carboxylic acid groups (broad SMARTS) is 1. The standard InChI is InChI=1S/C20H23N3O5/c24-18(13-5-9-23(10-6-13)20(27)22-7-1-2-8-22)21-15-3-4-16-14(11-15)12-17(28-16)19(25)26/h3-4,11-13H,1-2,5-10H2,(H,21,24)(H,25,26). The summed E-state index contributed by atoms with van der Waals surface area (Å²) in [7, 11) is 0. The molecule has 0 radical (unpaired) electrons. The molecule has 0 atom stereocenters. The zero-order valence-corrected chi connectivity index (χ0v) is 15.5. The van der Waals surface area contributed by atoms with Gasteiger partial charge >= 0.3 is 12.0 Å². The van der Waals surface area contributed by atoms with E-state index >= 15 is 0 Å². The molecule has 148 valence electrons. The Hall–Kier alpha value is -3.03. The molecule has 2 fully saturated rings. The SMILES string of the molecule is O=C(O)c1cc2cc(NC(=O)C3CCN(C(=O)N4CCCC4)CC3)ccc2o1. The van der Waals surface area contributed by atoms with Gasteiger partial charge in [0.05, 0.1) is 0 Å². The normalized spacial score (nSPS) is 17.9. The molecule has 2 aromatic rings. The highest BCUT2D eigenvalue weighted by Gasteiger charge is 2.30. The fourth-order valence-corrected chi connectivity index (χ4v) is 3.91. The molecular formula is C20H23N3O5. The van der Waals surface area contributed by atoms with E-state index in [4.69, 9.17) is 9.52 Å². The van der Waals surface area contributed by atoms with E-state index in [-0.39, 0.29) is 23.6 Å². The van der Waals surface area contributed by atoms with E-state index in [1.807, 2.05) is 9.80 Å². The smallest absolute Gasteiger partial charge is 0.371 e. The van der Waals surface area contributed by atoms with Crippen molar-refractivity contribution < 1.29 is 23.9 Å². The first kappa shape index (κ1) is 18.3. The number of carbonyl (C=O) groups excluding carboxylic acids is 2.